The Labute approximate surface area is 88.1 Å². The third-order valence-corrected chi connectivity index (χ3v) is 2.09. The fourth-order valence-corrected chi connectivity index (χ4v) is 1.22. The van der Waals surface area contributed by atoms with Crippen molar-refractivity contribution < 1.29 is 0 Å². The van der Waals surface area contributed by atoms with E-state index in [9.17, 15) is 0 Å². The topological polar surface area (TPSA) is 53.4 Å². The lowest BCUT2D eigenvalue weighted by molar-refractivity contribution is 1.11. The molecule has 0 aliphatic rings. The molecule has 0 unspecified atom stereocenters. The highest BCUT2D eigenvalue weighted by molar-refractivity contribution is 5.38. The summed E-state index contributed by atoms with van der Waals surface area (Å²) < 4.78 is 0. The summed E-state index contributed by atoms with van der Waals surface area (Å²) in [6.07, 6.45) is 4.40. The van der Waals surface area contributed by atoms with Crippen LogP contribution in [0, 0.1) is 0 Å². The molecule has 4 nitrogen and oxygen atoms in total. The van der Waals surface area contributed by atoms with Crippen molar-refractivity contribution >= 4 is 11.6 Å². The molecule has 0 aliphatic carbocycles. The summed E-state index contributed by atoms with van der Waals surface area (Å²) in [5.74, 6) is 0.523. The summed E-state index contributed by atoms with van der Waals surface area (Å²) in [6.45, 7) is 2.12. The molecular weight excluding hydrogens is 188 g/mol. The van der Waals surface area contributed by atoms with Gasteiger partial charge in [0.05, 0.1) is 5.69 Å². The molecule has 0 radical (unpaired) electrons. The maximum Gasteiger partial charge on any atom is 0.246 e. The van der Waals surface area contributed by atoms with Crippen molar-refractivity contribution in [3.63, 3.8) is 0 Å². The Morgan fingerprint density at radius 3 is 2.60 bits per heavy atom. The normalized spacial score (nSPS) is 11.0. The van der Waals surface area contributed by atoms with Gasteiger partial charge in [-0.3, -0.25) is 0 Å². The molecule has 1 aromatic heterocycles. The maximum atomic E-state index is 4.06. The average Bonchev–Trinajstić information content (AvgIpc) is 2.80. The van der Waals surface area contributed by atoms with Gasteiger partial charge in [0, 0.05) is 12.4 Å². The van der Waals surface area contributed by atoms with Crippen LogP contribution in [0.1, 0.15) is 12.5 Å². The molecule has 15 heavy (non-hydrogen) atoms. The van der Waals surface area contributed by atoms with Gasteiger partial charge in [0.25, 0.3) is 0 Å². The van der Waals surface area contributed by atoms with E-state index < -0.39 is 0 Å². The fourth-order valence-electron chi connectivity index (χ4n) is 1.22. The molecule has 1 aromatic carbocycles. The molecule has 76 valence electrons. The SMILES string of the molecule is CCc1ccc(N=Nc2ncc[nH]2)cc1. The Bertz CT molecular complexity index is 428. The minimum absolute atomic E-state index is 0.523. The molecule has 2 rings (SSSR count). The van der Waals surface area contributed by atoms with Crippen LogP contribution < -0.4 is 0 Å². The number of nitrogens with one attached hydrogen (secondary N) is 1. The fraction of sp³-hybridized carbons (Fsp3) is 0.182. The predicted octanol–water partition coefficient (Wildman–Crippen LogP) is 3.39. The number of hydrogen-bond donors (Lipinski definition) is 1. The van der Waals surface area contributed by atoms with E-state index in [1.165, 1.54) is 5.56 Å². The molecule has 1 N–H and O–H groups in total. The van der Waals surface area contributed by atoms with Crippen LogP contribution in [-0.2, 0) is 6.42 Å². The number of aromatic nitrogens is 2. The molecule has 0 bridgehead atoms. The standard InChI is InChI=1S/C11H12N4/c1-2-9-3-5-10(6-4-9)14-15-11-12-7-8-13-11/h3-8H,2H2,1H3,(H,12,13). The van der Waals surface area contributed by atoms with Crippen molar-refractivity contribution in [2.75, 3.05) is 0 Å². The van der Waals surface area contributed by atoms with Crippen molar-refractivity contribution in [2.24, 2.45) is 10.2 Å². The summed E-state index contributed by atoms with van der Waals surface area (Å²) in [4.78, 5) is 6.81. The second-order valence-electron chi connectivity index (χ2n) is 3.13. The van der Waals surface area contributed by atoms with E-state index in [4.69, 9.17) is 0 Å². The van der Waals surface area contributed by atoms with Crippen LogP contribution in [0.15, 0.2) is 46.9 Å². The summed E-state index contributed by atoms with van der Waals surface area (Å²) in [5.41, 5.74) is 2.13. The predicted molar refractivity (Wildman–Crippen MR) is 58.6 cm³/mol. The van der Waals surface area contributed by atoms with Gasteiger partial charge < -0.3 is 4.98 Å². The number of H-pyrrole nitrogens is 1. The van der Waals surface area contributed by atoms with Gasteiger partial charge in [-0.1, -0.05) is 19.1 Å². The first-order chi connectivity index (χ1) is 7.38. The Hall–Kier alpha value is -1.97. The lowest BCUT2D eigenvalue weighted by Crippen LogP contribution is -1.76. The molecule has 0 saturated heterocycles. The third kappa shape index (κ3) is 2.49. The van der Waals surface area contributed by atoms with E-state index in [0.717, 1.165) is 12.1 Å². The minimum Gasteiger partial charge on any atom is -0.328 e. The van der Waals surface area contributed by atoms with Crippen molar-refractivity contribution in [2.45, 2.75) is 13.3 Å². The van der Waals surface area contributed by atoms with Gasteiger partial charge in [-0.2, -0.15) is 0 Å². The third-order valence-electron chi connectivity index (χ3n) is 2.09. The first kappa shape index (κ1) is 9.58. The average molecular weight is 200 g/mol. The molecule has 0 amide bonds. The van der Waals surface area contributed by atoms with Crippen molar-refractivity contribution in [1.82, 2.24) is 9.97 Å². The zero-order valence-electron chi connectivity index (χ0n) is 8.51. The van der Waals surface area contributed by atoms with Crippen LogP contribution in [-0.4, -0.2) is 9.97 Å². The van der Waals surface area contributed by atoms with Crippen LogP contribution in [0.25, 0.3) is 0 Å². The van der Waals surface area contributed by atoms with Gasteiger partial charge in [0.15, 0.2) is 0 Å². The Balaban J connectivity index is 2.11. The van der Waals surface area contributed by atoms with Crippen LogP contribution in [0.5, 0.6) is 0 Å². The molecular formula is C11H12N4. The molecule has 0 atom stereocenters. The largest absolute Gasteiger partial charge is 0.328 e. The maximum absolute atomic E-state index is 4.06. The second-order valence-corrected chi connectivity index (χ2v) is 3.13. The number of benzene rings is 1. The molecule has 0 saturated carbocycles. The van der Waals surface area contributed by atoms with Gasteiger partial charge in [-0.25, -0.2) is 4.98 Å². The van der Waals surface area contributed by atoms with Gasteiger partial charge >= 0.3 is 0 Å². The lowest BCUT2D eigenvalue weighted by atomic mass is 10.2. The molecule has 0 spiro atoms. The highest BCUT2D eigenvalue weighted by Gasteiger charge is 1.92. The first-order valence-electron chi connectivity index (χ1n) is 4.88. The van der Waals surface area contributed by atoms with Crippen molar-refractivity contribution in [1.29, 1.82) is 0 Å². The number of imidazole rings is 1. The van der Waals surface area contributed by atoms with Crippen LogP contribution in [0.2, 0.25) is 0 Å². The minimum atomic E-state index is 0.523. The zero-order chi connectivity index (χ0) is 10.5. The van der Waals surface area contributed by atoms with Gasteiger partial charge in [0.2, 0.25) is 5.95 Å². The first-order valence-corrected chi connectivity index (χ1v) is 4.88. The highest BCUT2D eigenvalue weighted by atomic mass is 15.2. The van der Waals surface area contributed by atoms with Crippen LogP contribution in [0.3, 0.4) is 0 Å². The summed E-state index contributed by atoms with van der Waals surface area (Å²) in [6, 6.07) is 8.00. The summed E-state index contributed by atoms with van der Waals surface area (Å²) in [5, 5.41) is 8.01. The second kappa shape index (κ2) is 4.50. The highest BCUT2D eigenvalue weighted by Crippen LogP contribution is 2.15. The van der Waals surface area contributed by atoms with E-state index >= 15 is 0 Å². The van der Waals surface area contributed by atoms with Gasteiger partial charge in [-0.05, 0) is 24.1 Å². The molecule has 2 aromatic rings. The quantitative estimate of drug-likeness (QED) is 0.758. The number of azo groups is 1. The monoisotopic (exact) mass is 200 g/mol. The number of nitrogens with zero attached hydrogens (tertiary/aromatic N) is 3. The number of aryl methyl sites for hydroxylation is 1. The zero-order valence-corrected chi connectivity index (χ0v) is 8.51. The number of rotatable bonds is 3. The molecule has 0 fully saturated rings. The molecule has 0 aliphatic heterocycles. The Morgan fingerprint density at radius 1 is 1.20 bits per heavy atom. The van der Waals surface area contributed by atoms with Crippen LogP contribution >= 0.6 is 0 Å². The van der Waals surface area contributed by atoms with E-state index in [1.807, 2.05) is 12.1 Å². The van der Waals surface area contributed by atoms with Gasteiger partial charge in [0.1, 0.15) is 0 Å². The molecule has 4 heteroatoms. The molecule has 1 heterocycles. The van der Waals surface area contributed by atoms with Crippen molar-refractivity contribution in [3.8, 4) is 0 Å². The lowest BCUT2D eigenvalue weighted by Gasteiger charge is -1.95. The van der Waals surface area contributed by atoms with E-state index in [0.29, 0.717) is 5.95 Å². The number of hydrogen-bond acceptors (Lipinski definition) is 3. The summed E-state index contributed by atoms with van der Waals surface area (Å²) >= 11 is 0. The van der Waals surface area contributed by atoms with E-state index in [2.05, 4.69) is 39.3 Å². The summed E-state index contributed by atoms with van der Waals surface area (Å²) in [7, 11) is 0. The van der Waals surface area contributed by atoms with Crippen LogP contribution in [0.4, 0.5) is 11.6 Å². The van der Waals surface area contributed by atoms with E-state index in [-0.39, 0.29) is 0 Å². The van der Waals surface area contributed by atoms with Gasteiger partial charge in [-0.15, -0.1) is 10.2 Å². The smallest absolute Gasteiger partial charge is 0.246 e. The number of aromatic amines is 1. The van der Waals surface area contributed by atoms with E-state index in [1.54, 1.807) is 12.4 Å². The Kier molecular flexibility index (Phi) is 2.88. The van der Waals surface area contributed by atoms with Crippen molar-refractivity contribution in [3.05, 3.63) is 42.2 Å². The Morgan fingerprint density at radius 2 is 2.00 bits per heavy atom.